The van der Waals surface area contributed by atoms with Crippen molar-refractivity contribution in [2.24, 2.45) is 0 Å². The number of phenolic OH excluding ortho intramolecular Hbond substituents is 1. The Morgan fingerprint density at radius 1 is 1.41 bits per heavy atom. The number of likely N-dealkylation sites (tertiary alicyclic amines) is 1. The zero-order valence-corrected chi connectivity index (χ0v) is 9.71. The molecule has 0 unspecified atom stereocenters. The van der Waals surface area contributed by atoms with Crippen LogP contribution in [-0.4, -0.2) is 47.4 Å². The number of aliphatic hydroxyl groups excluding tert-OH is 1. The van der Waals surface area contributed by atoms with Crippen LogP contribution in [-0.2, 0) is 0 Å². The topological polar surface area (TPSA) is 64.0 Å². The summed E-state index contributed by atoms with van der Waals surface area (Å²) in [5, 5.41) is 18.6. The number of nitrogens with zero attached hydrogens (tertiary/aromatic N) is 2. The third-order valence-corrected chi connectivity index (χ3v) is 2.96. The van der Waals surface area contributed by atoms with Crippen LogP contribution in [0.15, 0.2) is 24.3 Å². The molecular formula is C12H16N2O3. The Bertz CT molecular complexity index is 405. The monoisotopic (exact) mass is 236 g/mol. The van der Waals surface area contributed by atoms with E-state index in [2.05, 4.69) is 0 Å². The minimum absolute atomic E-state index is 0.132. The van der Waals surface area contributed by atoms with Crippen molar-refractivity contribution in [3.05, 3.63) is 24.3 Å². The molecule has 1 atom stereocenters. The fourth-order valence-electron chi connectivity index (χ4n) is 1.91. The summed E-state index contributed by atoms with van der Waals surface area (Å²) in [7, 11) is 1.68. The Balaban J connectivity index is 2.06. The lowest BCUT2D eigenvalue weighted by Crippen LogP contribution is -2.40. The van der Waals surface area contributed by atoms with E-state index in [4.69, 9.17) is 0 Å². The summed E-state index contributed by atoms with van der Waals surface area (Å²) in [6.07, 6.45) is 0.224. The molecule has 1 aromatic rings. The van der Waals surface area contributed by atoms with Crippen molar-refractivity contribution in [3.8, 4) is 5.75 Å². The number of aliphatic hydroxyl groups is 1. The number of anilines is 1. The molecule has 1 fully saturated rings. The number of β-amino-alcohol motifs (C(OH)–C–C–N with tert-alkyl or cyclic N) is 1. The van der Waals surface area contributed by atoms with Crippen LogP contribution >= 0.6 is 0 Å². The van der Waals surface area contributed by atoms with Crippen LogP contribution in [0.4, 0.5) is 10.5 Å². The van der Waals surface area contributed by atoms with Crippen molar-refractivity contribution in [1.29, 1.82) is 0 Å². The van der Waals surface area contributed by atoms with Gasteiger partial charge in [-0.25, -0.2) is 4.79 Å². The molecule has 2 rings (SSSR count). The SMILES string of the molecule is CN(C(=O)N1CC[C@H](O)C1)c1ccc(O)cc1. The van der Waals surface area contributed by atoms with E-state index < -0.39 is 6.10 Å². The number of hydrogen-bond acceptors (Lipinski definition) is 3. The first-order valence-corrected chi connectivity index (χ1v) is 5.57. The van der Waals surface area contributed by atoms with E-state index in [1.807, 2.05) is 0 Å². The zero-order valence-electron chi connectivity index (χ0n) is 9.71. The van der Waals surface area contributed by atoms with E-state index in [0.717, 1.165) is 0 Å². The summed E-state index contributed by atoms with van der Waals surface area (Å²) in [6, 6.07) is 6.31. The van der Waals surface area contributed by atoms with Gasteiger partial charge in [-0.3, -0.25) is 4.90 Å². The van der Waals surface area contributed by atoms with Crippen molar-refractivity contribution in [1.82, 2.24) is 4.90 Å². The highest BCUT2D eigenvalue weighted by Crippen LogP contribution is 2.20. The van der Waals surface area contributed by atoms with Gasteiger partial charge in [-0.05, 0) is 30.7 Å². The molecule has 2 N–H and O–H groups in total. The smallest absolute Gasteiger partial charge is 0.324 e. The van der Waals surface area contributed by atoms with Gasteiger partial charge in [0, 0.05) is 25.8 Å². The van der Waals surface area contributed by atoms with Crippen LogP contribution < -0.4 is 4.90 Å². The number of urea groups is 1. The highest BCUT2D eigenvalue weighted by molar-refractivity contribution is 5.91. The average molecular weight is 236 g/mol. The molecule has 0 spiro atoms. The second kappa shape index (κ2) is 4.63. The maximum absolute atomic E-state index is 12.1. The van der Waals surface area contributed by atoms with Crippen LogP contribution in [0.5, 0.6) is 5.75 Å². The van der Waals surface area contributed by atoms with E-state index in [0.29, 0.717) is 25.2 Å². The molecule has 0 saturated carbocycles. The van der Waals surface area contributed by atoms with Crippen molar-refractivity contribution in [3.63, 3.8) is 0 Å². The summed E-state index contributed by atoms with van der Waals surface area (Å²) in [5.41, 5.74) is 0.717. The number of amides is 2. The van der Waals surface area contributed by atoms with Gasteiger partial charge in [-0.15, -0.1) is 0 Å². The highest BCUT2D eigenvalue weighted by Gasteiger charge is 2.27. The predicted molar refractivity (Wildman–Crippen MR) is 64.1 cm³/mol. The molecule has 92 valence electrons. The standard InChI is InChI=1S/C12H16N2O3/c1-13(9-2-4-10(15)5-3-9)12(17)14-7-6-11(16)8-14/h2-5,11,15-16H,6-8H2,1H3/t11-/m0/s1. The second-order valence-electron chi connectivity index (χ2n) is 4.25. The third kappa shape index (κ3) is 2.50. The molecule has 0 aromatic heterocycles. The third-order valence-electron chi connectivity index (χ3n) is 2.96. The maximum atomic E-state index is 12.1. The predicted octanol–water partition coefficient (Wildman–Crippen LogP) is 1.02. The molecule has 0 radical (unpaired) electrons. The Morgan fingerprint density at radius 2 is 2.06 bits per heavy atom. The molecule has 1 aliphatic heterocycles. The molecule has 5 nitrogen and oxygen atoms in total. The van der Waals surface area contributed by atoms with Gasteiger partial charge < -0.3 is 15.1 Å². The lowest BCUT2D eigenvalue weighted by atomic mass is 10.3. The lowest BCUT2D eigenvalue weighted by Gasteiger charge is -2.24. The quantitative estimate of drug-likeness (QED) is 0.765. The first kappa shape index (κ1) is 11.7. The van der Waals surface area contributed by atoms with E-state index in [1.165, 1.54) is 17.0 Å². The van der Waals surface area contributed by atoms with Crippen LogP contribution in [0.2, 0.25) is 0 Å². The van der Waals surface area contributed by atoms with Gasteiger partial charge in [0.05, 0.1) is 6.10 Å². The molecule has 0 aliphatic carbocycles. The minimum atomic E-state index is -0.410. The number of phenols is 1. The Labute approximate surface area is 99.9 Å². The average Bonchev–Trinajstić information content (AvgIpc) is 2.75. The Hall–Kier alpha value is -1.75. The molecule has 5 heteroatoms. The van der Waals surface area contributed by atoms with Gasteiger partial charge in [0.15, 0.2) is 0 Å². The molecule has 1 aliphatic rings. The van der Waals surface area contributed by atoms with Crippen LogP contribution in [0.3, 0.4) is 0 Å². The van der Waals surface area contributed by atoms with Gasteiger partial charge in [0.1, 0.15) is 5.75 Å². The summed E-state index contributed by atoms with van der Waals surface area (Å²) in [5.74, 6) is 0.172. The normalized spacial score (nSPS) is 19.4. The number of aromatic hydroxyl groups is 1. The van der Waals surface area contributed by atoms with Crippen molar-refractivity contribution in [2.45, 2.75) is 12.5 Å². The first-order chi connectivity index (χ1) is 8.08. The van der Waals surface area contributed by atoms with E-state index in [-0.39, 0.29) is 11.8 Å². The molecule has 2 amide bonds. The number of benzene rings is 1. The van der Waals surface area contributed by atoms with E-state index >= 15 is 0 Å². The number of hydrogen-bond donors (Lipinski definition) is 2. The summed E-state index contributed by atoms with van der Waals surface area (Å²) < 4.78 is 0. The van der Waals surface area contributed by atoms with Gasteiger partial charge >= 0.3 is 6.03 Å². The maximum Gasteiger partial charge on any atom is 0.324 e. The van der Waals surface area contributed by atoms with Crippen molar-refractivity contribution < 1.29 is 15.0 Å². The second-order valence-corrected chi connectivity index (χ2v) is 4.25. The first-order valence-electron chi connectivity index (χ1n) is 5.57. The van der Waals surface area contributed by atoms with Crippen molar-refractivity contribution in [2.75, 3.05) is 25.0 Å². The molecule has 1 aromatic carbocycles. The molecule has 0 bridgehead atoms. The molecule has 17 heavy (non-hydrogen) atoms. The zero-order chi connectivity index (χ0) is 12.4. The van der Waals surface area contributed by atoms with E-state index in [1.54, 1.807) is 24.1 Å². The fourth-order valence-corrected chi connectivity index (χ4v) is 1.91. The van der Waals surface area contributed by atoms with Crippen LogP contribution in [0, 0.1) is 0 Å². The Kier molecular flexibility index (Phi) is 3.19. The number of carbonyl (C=O) groups is 1. The van der Waals surface area contributed by atoms with Crippen LogP contribution in [0.1, 0.15) is 6.42 Å². The van der Waals surface area contributed by atoms with Crippen molar-refractivity contribution >= 4 is 11.7 Å². The molecule has 1 heterocycles. The minimum Gasteiger partial charge on any atom is -0.508 e. The molecule has 1 saturated heterocycles. The fraction of sp³-hybridized carbons (Fsp3) is 0.417. The van der Waals surface area contributed by atoms with Gasteiger partial charge in [-0.1, -0.05) is 0 Å². The Morgan fingerprint density at radius 3 is 2.59 bits per heavy atom. The highest BCUT2D eigenvalue weighted by atomic mass is 16.3. The summed E-state index contributed by atoms with van der Waals surface area (Å²) in [4.78, 5) is 15.2. The van der Waals surface area contributed by atoms with Crippen LogP contribution in [0.25, 0.3) is 0 Å². The number of rotatable bonds is 1. The van der Waals surface area contributed by atoms with E-state index in [9.17, 15) is 15.0 Å². The van der Waals surface area contributed by atoms with Gasteiger partial charge in [0.2, 0.25) is 0 Å². The molecular weight excluding hydrogens is 220 g/mol. The van der Waals surface area contributed by atoms with Gasteiger partial charge in [0.25, 0.3) is 0 Å². The summed E-state index contributed by atoms with van der Waals surface area (Å²) in [6.45, 7) is 0.976. The lowest BCUT2D eigenvalue weighted by molar-refractivity contribution is 0.175. The number of carbonyl (C=O) groups excluding carboxylic acids is 1. The summed E-state index contributed by atoms with van der Waals surface area (Å²) >= 11 is 0. The van der Waals surface area contributed by atoms with Gasteiger partial charge in [-0.2, -0.15) is 0 Å². The largest absolute Gasteiger partial charge is 0.508 e.